The van der Waals surface area contributed by atoms with Gasteiger partial charge in [-0.05, 0) is 25.3 Å². The smallest absolute Gasteiger partial charge is 0.241 e. The number of nitrogens with one attached hydrogen (secondary N) is 1. The van der Waals surface area contributed by atoms with Crippen molar-refractivity contribution in [3.63, 3.8) is 0 Å². The lowest BCUT2D eigenvalue weighted by Gasteiger charge is -2.12. The zero-order chi connectivity index (χ0) is 15.1. The number of carbonyl (C=O) groups excluding carboxylic acids is 1. The largest absolute Gasteiger partial charge is 0.354 e. The van der Waals surface area contributed by atoms with Crippen LogP contribution < -0.4 is 11.1 Å². The van der Waals surface area contributed by atoms with E-state index in [4.69, 9.17) is 5.73 Å². The minimum atomic E-state index is -0.595. The van der Waals surface area contributed by atoms with Crippen molar-refractivity contribution in [1.82, 2.24) is 14.9 Å². The molecule has 1 heterocycles. The quantitative estimate of drug-likeness (QED) is 0.747. The van der Waals surface area contributed by atoms with Gasteiger partial charge < -0.3 is 15.6 Å². The van der Waals surface area contributed by atoms with Crippen molar-refractivity contribution >= 4 is 30.7 Å². The van der Waals surface area contributed by atoms with Gasteiger partial charge in [-0.1, -0.05) is 30.3 Å². The lowest BCUT2D eigenvalue weighted by Crippen LogP contribution is -2.34. The minimum absolute atomic E-state index is 0. The molecule has 0 aliphatic carbocycles. The van der Waals surface area contributed by atoms with Crippen LogP contribution in [-0.2, 0) is 11.3 Å². The zero-order valence-electron chi connectivity index (χ0n) is 13.1. The number of aryl methyl sites for hydroxylation is 2. The first-order valence-corrected chi connectivity index (χ1v) is 7.24. The third kappa shape index (κ3) is 6.60. The number of rotatable bonds is 7. The molecule has 2 aromatic rings. The van der Waals surface area contributed by atoms with Crippen LogP contribution in [-0.4, -0.2) is 22.0 Å². The number of aromatic nitrogens is 2. The van der Waals surface area contributed by atoms with Crippen molar-refractivity contribution in [3.8, 4) is 0 Å². The Labute approximate surface area is 149 Å². The Balaban J connectivity index is 0.00000242. The van der Waals surface area contributed by atoms with Gasteiger partial charge in [0.2, 0.25) is 5.91 Å². The number of benzene rings is 1. The molecule has 0 saturated heterocycles. The molecular formula is C16H24Cl2N4O. The normalized spacial score (nSPS) is 11.0. The third-order valence-corrected chi connectivity index (χ3v) is 3.49. The molecule has 0 saturated carbocycles. The number of hydrogen-bond acceptors (Lipinski definition) is 3. The Morgan fingerprint density at radius 2 is 1.96 bits per heavy atom. The maximum absolute atomic E-state index is 11.9. The highest BCUT2D eigenvalue weighted by Crippen LogP contribution is 2.09. The Morgan fingerprint density at radius 1 is 1.26 bits per heavy atom. The van der Waals surface area contributed by atoms with Gasteiger partial charge >= 0.3 is 0 Å². The summed E-state index contributed by atoms with van der Waals surface area (Å²) in [5.41, 5.74) is 6.76. The summed E-state index contributed by atoms with van der Waals surface area (Å²) < 4.78 is 2.11. The molecule has 3 N–H and O–H groups in total. The van der Waals surface area contributed by atoms with Crippen molar-refractivity contribution in [2.45, 2.75) is 32.4 Å². The van der Waals surface area contributed by atoms with Gasteiger partial charge in [-0.25, -0.2) is 4.98 Å². The number of carbonyl (C=O) groups is 1. The Kier molecular flexibility index (Phi) is 10.3. The van der Waals surface area contributed by atoms with E-state index < -0.39 is 6.04 Å². The molecule has 7 heteroatoms. The van der Waals surface area contributed by atoms with Gasteiger partial charge in [-0.15, -0.1) is 24.8 Å². The second-order valence-electron chi connectivity index (χ2n) is 5.05. The van der Waals surface area contributed by atoms with E-state index in [0.29, 0.717) is 6.54 Å². The third-order valence-electron chi connectivity index (χ3n) is 3.49. The Morgan fingerprint density at radius 3 is 2.57 bits per heavy atom. The van der Waals surface area contributed by atoms with Crippen LogP contribution in [0.1, 0.15) is 30.3 Å². The van der Waals surface area contributed by atoms with E-state index in [-0.39, 0.29) is 30.7 Å². The highest BCUT2D eigenvalue weighted by Gasteiger charge is 2.14. The number of hydrogen-bond donors (Lipinski definition) is 2. The highest BCUT2D eigenvalue weighted by atomic mass is 35.5. The molecule has 1 atom stereocenters. The predicted molar refractivity (Wildman–Crippen MR) is 97.1 cm³/mol. The van der Waals surface area contributed by atoms with Gasteiger partial charge in [-0.3, -0.25) is 4.79 Å². The van der Waals surface area contributed by atoms with Gasteiger partial charge in [0.25, 0.3) is 0 Å². The van der Waals surface area contributed by atoms with Gasteiger partial charge in [0.1, 0.15) is 11.9 Å². The van der Waals surface area contributed by atoms with Crippen molar-refractivity contribution in [2.75, 3.05) is 6.54 Å². The maximum atomic E-state index is 11.9. The second kappa shape index (κ2) is 11.0. The summed E-state index contributed by atoms with van der Waals surface area (Å²) in [6.07, 6.45) is 5.69. The fourth-order valence-corrected chi connectivity index (χ4v) is 2.18. The van der Waals surface area contributed by atoms with Crippen LogP contribution in [0.5, 0.6) is 0 Å². The molecule has 5 nitrogen and oxygen atoms in total. The average Bonchev–Trinajstić information content (AvgIpc) is 2.92. The van der Waals surface area contributed by atoms with Crippen molar-refractivity contribution < 1.29 is 4.79 Å². The van der Waals surface area contributed by atoms with Gasteiger partial charge in [0.05, 0.1) is 0 Å². The van der Waals surface area contributed by atoms with Crippen LogP contribution in [0.25, 0.3) is 0 Å². The first-order chi connectivity index (χ1) is 10.2. The van der Waals surface area contributed by atoms with Crippen molar-refractivity contribution in [1.29, 1.82) is 0 Å². The van der Waals surface area contributed by atoms with E-state index in [1.165, 1.54) is 0 Å². The minimum Gasteiger partial charge on any atom is -0.354 e. The van der Waals surface area contributed by atoms with E-state index in [9.17, 15) is 4.79 Å². The van der Waals surface area contributed by atoms with E-state index >= 15 is 0 Å². The van der Waals surface area contributed by atoms with Crippen LogP contribution in [0.3, 0.4) is 0 Å². The molecule has 0 aliphatic rings. The summed E-state index contributed by atoms with van der Waals surface area (Å²) in [6.45, 7) is 3.56. The summed E-state index contributed by atoms with van der Waals surface area (Å²) >= 11 is 0. The molecule has 0 bridgehead atoms. The van der Waals surface area contributed by atoms with Gasteiger partial charge in [-0.2, -0.15) is 0 Å². The van der Waals surface area contributed by atoms with E-state index in [1.807, 2.05) is 43.5 Å². The van der Waals surface area contributed by atoms with E-state index in [1.54, 1.807) is 6.20 Å². The molecule has 0 radical (unpaired) electrons. The number of halogens is 2. The van der Waals surface area contributed by atoms with Crippen LogP contribution in [0.2, 0.25) is 0 Å². The second-order valence-corrected chi connectivity index (χ2v) is 5.05. The molecular weight excluding hydrogens is 335 g/mol. The van der Waals surface area contributed by atoms with E-state index in [2.05, 4.69) is 14.9 Å². The molecule has 0 aliphatic heterocycles. The Bertz CT molecular complexity index is 574. The topological polar surface area (TPSA) is 72.9 Å². The molecule has 23 heavy (non-hydrogen) atoms. The van der Waals surface area contributed by atoms with Crippen molar-refractivity contribution in [2.24, 2.45) is 5.73 Å². The molecule has 0 spiro atoms. The lowest BCUT2D eigenvalue weighted by molar-refractivity contribution is -0.122. The highest BCUT2D eigenvalue weighted by molar-refractivity contribution is 5.85. The van der Waals surface area contributed by atoms with Crippen molar-refractivity contribution in [3.05, 3.63) is 54.1 Å². The molecule has 1 unspecified atom stereocenters. The fraction of sp³-hybridized carbons (Fsp3) is 0.375. The summed E-state index contributed by atoms with van der Waals surface area (Å²) in [7, 11) is 0. The predicted octanol–water partition coefficient (Wildman–Crippen LogP) is 2.63. The summed E-state index contributed by atoms with van der Waals surface area (Å²) in [5.74, 6) is 0.894. The first kappa shape index (κ1) is 21.4. The van der Waals surface area contributed by atoms with Crippen LogP contribution in [0, 0.1) is 6.92 Å². The Hall–Kier alpha value is -1.56. The first-order valence-electron chi connectivity index (χ1n) is 7.24. The average molecular weight is 359 g/mol. The van der Waals surface area contributed by atoms with E-state index in [0.717, 1.165) is 30.8 Å². The number of unbranched alkanes of at least 4 members (excludes halogenated alkanes) is 1. The molecule has 128 valence electrons. The SMILES string of the molecule is Cc1nccn1CCCCNC(=O)C(N)c1ccccc1.Cl.Cl. The van der Waals surface area contributed by atoms with Crippen LogP contribution >= 0.6 is 24.8 Å². The molecule has 1 amide bonds. The lowest BCUT2D eigenvalue weighted by atomic mass is 10.1. The summed E-state index contributed by atoms with van der Waals surface area (Å²) in [5, 5.41) is 2.89. The molecule has 0 fully saturated rings. The molecule has 2 rings (SSSR count). The summed E-state index contributed by atoms with van der Waals surface area (Å²) in [6, 6.07) is 8.82. The number of imidazole rings is 1. The van der Waals surface area contributed by atoms with Crippen LogP contribution in [0.15, 0.2) is 42.7 Å². The molecule has 1 aromatic heterocycles. The molecule has 1 aromatic carbocycles. The standard InChI is InChI=1S/C16H22N4O.2ClH/c1-13-18-10-12-20(13)11-6-5-9-19-16(21)15(17)14-7-3-2-4-8-14;;/h2-4,7-8,10,12,15H,5-6,9,11,17H2,1H3,(H,19,21);2*1H. The maximum Gasteiger partial charge on any atom is 0.241 e. The van der Waals surface area contributed by atoms with Crippen LogP contribution in [0.4, 0.5) is 0 Å². The van der Waals surface area contributed by atoms with Gasteiger partial charge in [0, 0.05) is 25.5 Å². The zero-order valence-corrected chi connectivity index (χ0v) is 14.8. The van der Waals surface area contributed by atoms with Gasteiger partial charge in [0.15, 0.2) is 0 Å². The number of nitrogens with zero attached hydrogens (tertiary/aromatic N) is 2. The number of nitrogens with two attached hydrogens (primary N) is 1. The fourth-order valence-electron chi connectivity index (χ4n) is 2.18. The summed E-state index contributed by atoms with van der Waals surface area (Å²) in [4.78, 5) is 16.1. The monoisotopic (exact) mass is 358 g/mol. The number of amides is 1.